The summed E-state index contributed by atoms with van der Waals surface area (Å²) in [5.41, 5.74) is -0.490. The van der Waals surface area contributed by atoms with Gasteiger partial charge in [0.2, 0.25) is 5.69 Å². The molecule has 0 bridgehead atoms. The van der Waals surface area contributed by atoms with E-state index in [1.54, 1.807) is 6.07 Å². The Morgan fingerprint density at radius 3 is 2.73 bits per heavy atom. The van der Waals surface area contributed by atoms with Gasteiger partial charge in [-0.15, -0.1) is 0 Å². The largest absolute Gasteiger partial charge is 0.494 e. The molecule has 1 N–H and O–H groups in total. The Kier molecular flexibility index (Phi) is 5.26. The van der Waals surface area contributed by atoms with Gasteiger partial charge in [-0.25, -0.2) is 4.98 Å². The monoisotopic (exact) mass is 298 g/mol. The van der Waals surface area contributed by atoms with Crippen LogP contribution in [-0.4, -0.2) is 23.1 Å². The molecule has 0 amide bonds. The molecule has 0 radical (unpaired) electrons. The lowest BCUT2D eigenvalue weighted by Gasteiger charge is -2.07. The van der Waals surface area contributed by atoms with Gasteiger partial charge in [0.25, 0.3) is 0 Å². The SMILES string of the molecule is N#Cc1nc(NCCCOc2ccccc2)ccc1[N+](=O)[O-]. The van der Waals surface area contributed by atoms with Crippen LogP contribution in [0.1, 0.15) is 12.1 Å². The van der Waals surface area contributed by atoms with E-state index in [2.05, 4.69) is 10.3 Å². The Labute approximate surface area is 127 Å². The third-order valence-electron chi connectivity index (χ3n) is 2.82. The van der Waals surface area contributed by atoms with Crippen molar-refractivity contribution in [2.45, 2.75) is 6.42 Å². The van der Waals surface area contributed by atoms with Gasteiger partial charge in [-0.2, -0.15) is 5.26 Å². The molecular weight excluding hydrogens is 284 g/mol. The highest BCUT2D eigenvalue weighted by atomic mass is 16.6. The predicted molar refractivity (Wildman–Crippen MR) is 80.7 cm³/mol. The molecule has 7 heteroatoms. The summed E-state index contributed by atoms with van der Waals surface area (Å²) in [5.74, 6) is 1.24. The summed E-state index contributed by atoms with van der Waals surface area (Å²) < 4.78 is 5.54. The maximum absolute atomic E-state index is 10.7. The summed E-state index contributed by atoms with van der Waals surface area (Å²) in [5, 5.41) is 22.6. The van der Waals surface area contributed by atoms with E-state index in [1.807, 2.05) is 30.3 Å². The number of aromatic nitrogens is 1. The van der Waals surface area contributed by atoms with Gasteiger partial charge in [0, 0.05) is 12.6 Å². The first-order valence-corrected chi connectivity index (χ1v) is 6.68. The molecule has 2 rings (SSSR count). The standard InChI is InChI=1S/C15H14N4O3/c16-11-13-14(19(20)21)7-8-15(18-13)17-9-4-10-22-12-5-2-1-3-6-12/h1-3,5-8H,4,9-10H2,(H,17,18). The minimum Gasteiger partial charge on any atom is -0.494 e. The molecule has 1 heterocycles. The fraction of sp³-hybridized carbons (Fsp3) is 0.200. The van der Waals surface area contributed by atoms with Crippen molar-refractivity contribution in [2.75, 3.05) is 18.5 Å². The molecule has 0 unspecified atom stereocenters. The molecule has 7 nitrogen and oxygen atoms in total. The summed E-state index contributed by atoms with van der Waals surface area (Å²) in [6.45, 7) is 1.12. The Balaban J connectivity index is 1.80. The molecule has 0 aliphatic rings. The van der Waals surface area contributed by atoms with E-state index in [-0.39, 0.29) is 11.4 Å². The van der Waals surface area contributed by atoms with Crippen molar-refractivity contribution in [3.05, 3.63) is 58.3 Å². The van der Waals surface area contributed by atoms with Gasteiger partial charge in [0.05, 0.1) is 11.5 Å². The number of hydrogen-bond donors (Lipinski definition) is 1. The number of nitriles is 1. The van der Waals surface area contributed by atoms with Gasteiger partial charge in [0.1, 0.15) is 17.6 Å². The highest BCUT2D eigenvalue weighted by Gasteiger charge is 2.15. The second-order valence-electron chi connectivity index (χ2n) is 4.37. The van der Waals surface area contributed by atoms with Crippen LogP contribution in [0.25, 0.3) is 0 Å². The fourth-order valence-corrected chi connectivity index (χ4v) is 1.78. The number of anilines is 1. The highest BCUT2D eigenvalue weighted by Crippen LogP contribution is 2.18. The molecule has 1 aromatic heterocycles. The van der Waals surface area contributed by atoms with Gasteiger partial charge in [-0.05, 0) is 24.6 Å². The van der Waals surface area contributed by atoms with Crippen molar-refractivity contribution in [3.8, 4) is 11.8 Å². The van der Waals surface area contributed by atoms with Crippen LogP contribution in [0.15, 0.2) is 42.5 Å². The van der Waals surface area contributed by atoms with E-state index in [4.69, 9.17) is 10.00 Å². The van der Waals surface area contributed by atoms with Gasteiger partial charge < -0.3 is 10.1 Å². The van der Waals surface area contributed by atoms with Crippen LogP contribution in [0.3, 0.4) is 0 Å². The van der Waals surface area contributed by atoms with E-state index in [0.717, 1.165) is 12.2 Å². The fourth-order valence-electron chi connectivity index (χ4n) is 1.78. The zero-order valence-electron chi connectivity index (χ0n) is 11.7. The predicted octanol–water partition coefficient (Wildman–Crippen LogP) is 2.74. The molecule has 0 aliphatic heterocycles. The number of nitro groups is 1. The smallest absolute Gasteiger partial charge is 0.305 e. The molecular formula is C15H14N4O3. The third kappa shape index (κ3) is 4.18. The van der Waals surface area contributed by atoms with Crippen LogP contribution in [-0.2, 0) is 0 Å². The molecule has 2 aromatic rings. The summed E-state index contributed by atoms with van der Waals surface area (Å²) in [4.78, 5) is 14.0. The molecule has 0 spiro atoms. The molecule has 112 valence electrons. The van der Waals surface area contributed by atoms with Crippen molar-refractivity contribution < 1.29 is 9.66 Å². The third-order valence-corrected chi connectivity index (χ3v) is 2.82. The van der Waals surface area contributed by atoms with Crippen molar-refractivity contribution in [3.63, 3.8) is 0 Å². The van der Waals surface area contributed by atoms with Crippen LogP contribution in [0.2, 0.25) is 0 Å². The van der Waals surface area contributed by atoms with Gasteiger partial charge in [-0.1, -0.05) is 18.2 Å². The van der Waals surface area contributed by atoms with Crippen LogP contribution in [0.5, 0.6) is 5.75 Å². The maximum Gasteiger partial charge on any atom is 0.305 e. The van der Waals surface area contributed by atoms with Crippen molar-refractivity contribution >= 4 is 11.5 Å². The average molecular weight is 298 g/mol. The number of benzene rings is 1. The zero-order chi connectivity index (χ0) is 15.8. The van der Waals surface area contributed by atoms with E-state index in [0.29, 0.717) is 19.0 Å². The Morgan fingerprint density at radius 2 is 2.05 bits per heavy atom. The Bertz CT molecular complexity index is 683. The lowest BCUT2D eigenvalue weighted by Crippen LogP contribution is -2.09. The van der Waals surface area contributed by atoms with Crippen molar-refractivity contribution in [1.29, 1.82) is 5.26 Å². The first-order valence-electron chi connectivity index (χ1n) is 6.68. The van der Waals surface area contributed by atoms with Gasteiger partial charge >= 0.3 is 5.69 Å². The zero-order valence-corrected chi connectivity index (χ0v) is 11.7. The topological polar surface area (TPSA) is 101 Å². The molecule has 22 heavy (non-hydrogen) atoms. The number of nitrogens with one attached hydrogen (secondary N) is 1. The lowest BCUT2D eigenvalue weighted by molar-refractivity contribution is -0.385. The minimum absolute atomic E-state index is 0.199. The molecule has 1 aromatic carbocycles. The molecule has 0 saturated heterocycles. The molecule has 0 saturated carbocycles. The van der Waals surface area contributed by atoms with Crippen molar-refractivity contribution in [1.82, 2.24) is 4.98 Å². The normalized spacial score (nSPS) is 9.77. The summed E-state index contributed by atoms with van der Waals surface area (Å²) in [7, 11) is 0. The Hall–Kier alpha value is -3.14. The highest BCUT2D eigenvalue weighted by molar-refractivity contribution is 5.50. The number of para-hydroxylation sites is 1. The van der Waals surface area contributed by atoms with E-state index >= 15 is 0 Å². The van der Waals surface area contributed by atoms with Crippen LogP contribution in [0, 0.1) is 21.4 Å². The number of hydrogen-bond acceptors (Lipinski definition) is 6. The van der Waals surface area contributed by atoms with Crippen LogP contribution in [0.4, 0.5) is 11.5 Å². The van der Waals surface area contributed by atoms with Crippen LogP contribution < -0.4 is 10.1 Å². The summed E-state index contributed by atoms with van der Waals surface area (Å²) in [6, 6.07) is 14.0. The van der Waals surface area contributed by atoms with E-state index < -0.39 is 4.92 Å². The number of ether oxygens (including phenoxy) is 1. The number of pyridine rings is 1. The molecule has 0 atom stereocenters. The first-order chi connectivity index (χ1) is 10.7. The van der Waals surface area contributed by atoms with E-state index in [1.165, 1.54) is 12.1 Å². The maximum atomic E-state index is 10.7. The van der Waals surface area contributed by atoms with Gasteiger partial charge in [-0.3, -0.25) is 10.1 Å². The van der Waals surface area contributed by atoms with E-state index in [9.17, 15) is 10.1 Å². The number of rotatable bonds is 7. The first kappa shape index (κ1) is 15.3. The summed E-state index contributed by atoms with van der Waals surface area (Å²) >= 11 is 0. The quantitative estimate of drug-likeness (QED) is 0.479. The van der Waals surface area contributed by atoms with Crippen LogP contribution >= 0.6 is 0 Å². The second-order valence-corrected chi connectivity index (χ2v) is 4.37. The number of nitrogens with zero attached hydrogens (tertiary/aromatic N) is 3. The second kappa shape index (κ2) is 7.59. The average Bonchev–Trinajstić information content (AvgIpc) is 2.55. The summed E-state index contributed by atoms with van der Waals surface area (Å²) in [6.07, 6.45) is 0.732. The molecule has 0 aliphatic carbocycles. The molecule has 0 fully saturated rings. The van der Waals surface area contributed by atoms with Crippen molar-refractivity contribution in [2.24, 2.45) is 0 Å². The minimum atomic E-state index is -0.622. The lowest BCUT2D eigenvalue weighted by atomic mass is 10.3. The Morgan fingerprint density at radius 1 is 1.27 bits per heavy atom. The van der Waals surface area contributed by atoms with Gasteiger partial charge in [0.15, 0.2) is 0 Å².